The second-order valence-corrected chi connectivity index (χ2v) is 6.19. The van der Waals surface area contributed by atoms with E-state index in [1.807, 2.05) is 0 Å². The van der Waals surface area contributed by atoms with Crippen molar-refractivity contribution in [3.63, 3.8) is 0 Å². The maximum Gasteiger partial charge on any atom is 0.407 e. The van der Waals surface area contributed by atoms with E-state index in [1.54, 1.807) is 32.9 Å². The molecule has 0 aliphatic rings. The molecule has 8 heteroatoms. The van der Waals surface area contributed by atoms with Crippen LogP contribution >= 0.6 is 15.9 Å². The van der Waals surface area contributed by atoms with Crippen molar-refractivity contribution in [2.24, 2.45) is 0 Å². The van der Waals surface area contributed by atoms with E-state index in [0.29, 0.717) is 23.2 Å². The third-order valence-electron chi connectivity index (χ3n) is 2.27. The van der Waals surface area contributed by atoms with Crippen molar-refractivity contribution in [2.75, 3.05) is 18.4 Å². The predicted octanol–water partition coefficient (Wildman–Crippen LogP) is 3.29. The molecule has 1 rings (SSSR count). The molecule has 21 heavy (non-hydrogen) atoms. The van der Waals surface area contributed by atoms with Crippen LogP contribution < -0.4 is 10.6 Å². The first-order valence-corrected chi connectivity index (χ1v) is 7.13. The number of nitro groups is 1. The van der Waals surface area contributed by atoms with Crippen LogP contribution in [0.25, 0.3) is 0 Å². The van der Waals surface area contributed by atoms with Gasteiger partial charge in [-0.05, 0) is 32.9 Å². The van der Waals surface area contributed by atoms with E-state index in [4.69, 9.17) is 4.74 Å². The molecule has 7 nitrogen and oxygen atoms in total. The Morgan fingerprint density at radius 2 is 2.05 bits per heavy atom. The first-order valence-electron chi connectivity index (χ1n) is 6.34. The van der Waals surface area contributed by atoms with E-state index in [9.17, 15) is 14.9 Å². The molecule has 0 saturated heterocycles. The summed E-state index contributed by atoms with van der Waals surface area (Å²) in [6.45, 7) is 5.96. The zero-order chi connectivity index (χ0) is 16.0. The highest BCUT2D eigenvalue weighted by Crippen LogP contribution is 2.27. The van der Waals surface area contributed by atoms with Crippen molar-refractivity contribution < 1.29 is 14.5 Å². The molecule has 0 atom stereocenters. The monoisotopic (exact) mass is 359 g/mol. The Kier molecular flexibility index (Phi) is 5.95. The number of ether oxygens (including phenoxy) is 1. The van der Waals surface area contributed by atoms with Crippen molar-refractivity contribution in [3.05, 3.63) is 32.8 Å². The average molecular weight is 360 g/mol. The molecule has 116 valence electrons. The number of anilines is 1. The first kappa shape index (κ1) is 17.2. The van der Waals surface area contributed by atoms with E-state index in [0.717, 1.165) is 0 Å². The van der Waals surface area contributed by atoms with Crippen molar-refractivity contribution in [1.82, 2.24) is 5.32 Å². The van der Waals surface area contributed by atoms with Crippen molar-refractivity contribution >= 4 is 33.4 Å². The van der Waals surface area contributed by atoms with E-state index < -0.39 is 16.6 Å². The summed E-state index contributed by atoms with van der Waals surface area (Å²) in [5.41, 5.74) is -0.182. The minimum Gasteiger partial charge on any atom is -0.444 e. The number of nitro benzene ring substituents is 1. The largest absolute Gasteiger partial charge is 0.444 e. The molecule has 0 bridgehead atoms. The molecule has 0 aliphatic heterocycles. The Morgan fingerprint density at radius 1 is 1.38 bits per heavy atom. The van der Waals surface area contributed by atoms with Crippen LogP contribution in [0.15, 0.2) is 22.7 Å². The second kappa shape index (κ2) is 7.26. The number of amides is 1. The minimum absolute atomic E-state index is 0.0263. The molecular weight excluding hydrogens is 342 g/mol. The summed E-state index contributed by atoms with van der Waals surface area (Å²) in [7, 11) is 0. The molecule has 0 radical (unpaired) electrons. The smallest absolute Gasteiger partial charge is 0.407 e. The van der Waals surface area contributed by atoms with Crippen molar-refractivity contribution in [3.8, 4) is 0 Å². The van der Waals surface area contributed by atoms with E-state index >= 15 is 0 Å². The van der Waals surface area contributed by atoms with Gasteiger partial charge in [-0.3, -0.25) is 10.1 Å². The molecule has 0 spiro atoms. The summed E-state index contributed by atoms with van der Waals surface area (Å²) in [5.74, 6) is 0. The number of alkyl carbamates (subject to hydrolysis) is 1. The molecule has 0 aromatic heterocycles. The fourth-order valence-corrected chi connectivity index (χ4v) is 1.83. The minimum atomic E-state index is -0.554. The normalized spacial score (nSPS) is 10.9. The van der Waals surface area contributed by atoms with Gasteiger partial charge in [0.05, 0.1) is 4.92 Å². The van der Waals surface area contributed by atoms with Crippen LogP contribution in [-0.2, 0) is 4.74 Å². The predicted molar refractivity (Wildman–Crippen MR) is 83.5 cm³/mol. The van der Waals surface area contributed by atoms with Gasteiger partial charge in [-0.1, -0.05) is 15.9 Å². The summed E-state index contributed by atoms with van der Waals surface area (Å²) in [6, 6.07) is 4.73. The summed E-state index contributed by atoms with van der Waals surface area (Å²) >= 11 is 3.19. The summed E-state index contributed by atoms with van der Waals surface area (Å²) in [6.07, 6.45) is -0.519. The van der Waals surface area contributed by atoms with Gasteiger partial charge in [0.15, 0.2) is 0 Å². The summed E-state index contributed by atoms with van der Waals surface area (Å²) < 4.78 is 5.71. The van der Waals surface area contributed by atoms with Crippen LogP contribution in [0.2, 0.25) is 0 Å². The Labute approximate surface area is 131 Å². The standard InChI is InChI=1S/C13H18BrN3O4/c1-13(2,3)21-12(18)16-7-6-15-10-5-4-9(14)8-11(10)17(19)20/h4-5,8,15H,6-7H2,1-3H3,(H,16,18). The lowest BCUT2D eigenvalue weighted by Gasteiger charge is -2.19. The van der Waals surface area contributed by atoms with Crippen molar-refractivity contribution in [1.29, 1.82) is 0 Å². The topological polar surface area (TPSA) is 93.5 Å². The lowest BCUT2D eigenvalue weighted by Crippen LogP contribution is -2.35. The third kappa shape index (κ3) is 6.44. The Hall–Kier alpha value is -1.83. The summed E-state index contributed by atoms with van der Waals surface area (Å²) in [5, 5.41) is 16.4. The highest BCUT2D eigenvalue weighted by atomic mass is 79.9. The van der Waals surface area contributed by atoms with Crippen LogP contribution in [0.5, 0.6) is 0 Å². The molecule has 1 amide bonds. The van der Waals surface area contributed by atoms with Crippen LogP contribution in [0.4, 0.5) is 16.2 Å². The van der Waals surface area contributed by atoms with Gasteiger partial charge in [0.1, 0.15) is 11.3 Å². The van der Waals surface area contributed by atoms with Gasteiger partial charge < -0.3 is 15.4 Å². The lowest BCUT2D eigenvalue weighted by atomic mass is 10.2. The first-order chi connectivity index (χ1) is 9.69. The van der Waals surface area contributed by atoms with E-state index in [2.05, 4.69) is 26.6 Å². The Bertz CT molecular complexity index is 529. The highest BCUT2D eigenvalue weighted by molar-refractivity contribution is 9.10. The maximum absolute atomic E-state index is 11.4. The number of hydrogen-bond donors (Lipinski definition) is 2. The quantitative estimate of drug-likeness (QED) is 0.477. The molecule has 2 N–H and O–H groups in total. The molecular formula is C13H18BrN3O4. The molecule has 1 aromatic rings. The summed E-state index contributed by atoms with van der Waals surface area (Å²) in [4.78, 5) is 21.9. The van der Waals surface area contributed by atoms with Gasteiger partial charge in [-0.15, -0.1) is 0 Å². The molecule has 0 fully saturated rings. The zero-order valence-electron chi connectivity index (χ0n) is 12.1. The van der Waals surface area contributed by atoms with Crippen LogP contribution in [-0.4, -0.2) is 29.7 Å². The highest BCUT2D eigenvalue weighted by Gasteiger charge is 2.16. The SMILES string of the molecule is CC(C)(C)OC(=O)NCCNc1ccc(Br)cc1[N+](=O)[O-]. The Morgan fingerprint density at radius 3 is 2.62 bits per heavy atom. The van der Waals surface area contributed by atoms with Gasteiger partial charge in [-0.2, -0.15) is 0 Å². The number of hydrogen-bond acceptors (Lipinski definition) is 5. The van der Waals surface area contributed by atoms with Crippen molar-refractivity contribution in [2.45, 2.75) is 26.4 Å². The Balaban J connectivity index is 2.47. The van der Waals surface area contributed by atoms with Gasteiger partial charge >= 0.3 is 6.09 Å². The van der Waals surface area contributed by atoms with Gasteiger partial charge in [-0.25, -0.2) is 4.79 Å². The number of nitrogens with zero attached hydrogens (tertiary/aromatic N) is 1. The van der Waals surface area contributed by atoms with Crippen LogP contribution in [0, 0.1) is 10.1 Å². The second-order valence-electron chi connectivity index (χ2n) is 5.27. The number of carbonyl (C=O) groups excluding carboxylic acids is 1. The fourth-order valence-electron chi connectivity index (χ4n) is 1.48. The van der Waals surface area contributed by atoms with Gasteiger partial charge in [0, 0.05) is 23.6 Å². The number of benzene rings is 1. The van der Waals surface area contributed by atoms with Crippen LogP contribution in [0.1, 0.15) is 20.8 Å². The lowest BCUT2D eigenvalue weighted by molar-refractivity contribution is -0.384. The number of carbonyl (C=O) groups is 1. The number of nitrogens with one attached hydrogen (secondary N) is 2. The number of rotatable bonds is 5. The van der Waals surface area contributed by atoms with Crippen LogP contribution in [0.3, 0.4) is 0 Å². The number of halogens is 1. The van der Waals surface area contributed by atoms with Gasteiger partial charge in [0.2, 0.25) is 0 Å². The fraction of sp³-hybridized carbons (Fsp3) is 0.462. The molecule has 0 saturated carbocycles. The zero-order valence-corrected chi connectivity index (χ0v) is 13.7. The van der Waals surface area contributed by atoms with E-state index in [1.165, 1.54) is 6.07 Å². The average Bonchev–Trinajstić information content (AvgIpc) is 2.33. The maximum atomic E-state index is 11.4. The molecule has 0 unspecified atom stereocenters. The van der Waals surface area contributed by atoms with Gasteiger partial charge in [0.25, 0.3) is 5.69 Å². The molecule has 0 aliphatic carbocycles. The van der Waals surface area contributed by atoms with E-state index in [-0.39, 0.29) is 5.69 Å². The molecule has 0 heterocycles. The molecule has 1 aromatic carbocycles. The third-order valence-corrected chi connectivity index (χ3v) is 2.76.